The van der Waals surface area contributed by atoms with Gasteiger partial charge < -0.3 is 4.90 Å². The first-order valence-electron chi connectivity index (χ1n) is 8.49. The van der Waals surface area contributed by atoms with Gasteiger partial charge in [-0.15, -0.1) is 0 Å². The smallest absolute Gasteiger partial charge is 0.282 e. The molecule has 1 aromatic heterocycles. The highest BCUT2D eigenvalue weighted by atomic mass is 35.5. The Morgan fingerprint density at radius 3 is 2.77 bits per heavy atom. The molecule has 1 aromatic rings. The lowest BCUT2D eigenvalue weighted by Gasteiger charge is -2.27. The molecule has 0 saturated heterocycles. The third-order valence-electron chi connectivity index (χ3n) is 5.14. The Hall–Kier alpha value is -1.31. The number of likely N-dealkylation sites (N-methyl/N-ethyl adjacent to an activating group) is 1. The monoisotopic (exact) mass is 320 g/mol. The number of fused-ring (bicyclic) bond motifs is 1. The predicted molar refractivity (Wildman–Crippen MR) is 87.0 cm³/mol. The SMILES string of the molecule is CC[NH+]1CCc2c(C#N)c(Cl)[nH+]c(NC3CCCCC3)c2C1. The second-order valence-corrected chi connectivity index (χ2v) is 6.90. The summed E-state index contributed by atoms with van der Waals surface area (Å²) in [6.45, 7) is 5.40. The zero-order chi connectivity index (χ0) is 15.5. The van der Waals surface area contributed by atoms with Crippen LogP contribution in [-0.4, -0.2) is 19.1 Å². The van der Waals surface area contributed by atoms with Gasteiger partial charge >= 0.3 is 0 Å². The van der Waals surface area contributed by atoms with Crippen LogP contribution in [-0.2, 0) is 13.0 Å². The average molecular weight is 321 g/mol. The Morgan fingerprint density at radius 2 is 2.09 bits per heavy atom. The first-order valence-corrected chi connectivity index (χ1v) is 8.87. The maximum absolute atomic E-state index is 9.43. The molecular formula is C17H25ClN4+2. The van der Waals surface area contributed by atoms with Crippen LogP contribution < -0.4 is 15.2 Å². The van der Waals surface area contributed by atoms with E-state index in [1.165, 1.54) is 37.7 Å². The van der Waals surface area contributed by atoms with Crippen LogP contribution in [0, 0.1) is 11.3 Å². The van der Waals surface area contributed by atoms with Crippen molar-refractivity contribution in [3.63, 3.8) is 0 Å². The van der Waals surface area contributed by atoms with E-state index in [0.717, 1.165) is 37.4 Å². The summed E-state index contributed by atoms with van der Waals surface area (Å²) < 4.78 is 0. The number of H-pyrrole nitrogens is 1. The van der Waals surface area contributed by atoms with E-state index < -0.39 is 0 Å². The molecule has 0 aromatic carbocycles. The average Bonchev–Trinajstić information content (AvgIpc) is 2.56. The number of nitriles is 1. The van der Waals surface area contributed by atoms with Crippen molar-refractivity contribution in [2.75, 3.05) is 18.4 Å². The Morgan fingerprint density at radius 1 is 1.32 bits per heavy atom. The van der Waals surface area contributed by atoms with Gasteiger partial charge in [0.15, 0.2) is 0 Å². The quantitative estimate of drug-likeness (QED) is 0.833. The van der Waals surface area contributed by atoms with Crippen LogP contribution in [0.2, 0.25) is 5.15 Å². The Labute approximate surface area is 137 Å². The summed E-state index contributed by atoms with van der Waals surface area (Å²) in [5.74, 6) is 1.05. The fraction of sp³-hybridized carbons (Fsp3) is 0.647. The molecule has 5 heteroatoms. The van der Waals surface area contributed by atoms with E-state index in [2.05, 4.69) is 23.3 Å². The van der Waals surface area contributed by atoms with Crippen molar-refractivity contribution in [2.45, 2.75) is 58.0 Å². The van der Waals surface area contributed by atoms with Crippen molar-refractivity contribution >= 4 is 17.4 Å². The molecular weight excluding hydrogens is 296 g/mol. The van der Waals surface area contributed by atoms with E-state index in [4.69, 9.17) is 11.6 Å². The number of pyridine rings is 1. The minimum absolute atomic E-state index is 0.486. The molecule has 0 amide bonds. The van der Waals surface area contributed by atoms with Crippen molar-refractivity contribution in [3.8, 4) is 6.07 Å². The summed E-state index contributed by atoms with van der Waals surface area (Å²) in [6.07, 6.45) is 7.35. The molecule has 22 heavy (non-hydrogen) atoms. The van der Waals surface area contributed by atoms with Crippen molar-refractivity contribution in [1.29, 1.82) is 5.26 Å². The van der Waals surface area contributed by atoms with Crippen LogP contribution in [0.5, 0.6) is 0 Å². The van der Waals surface area contributed by atoms with Gasteiger partial charge in [-0.05, 0) is 49.8 Å². The number of anilines is 1. The van der Waals surface area contributed by atoms with Gasteiger partial charge in [0.2, 0.25) is 5.15 Å². The zero-order valence-corrected chi connectivity index (χ0v) is 14.0. The lowest BCUT2D eigenvalue weighted by molar-refractivity contribution is -0.914. The van der Waals surface area contributed by atoms with E-state index >= 15 is 0 Å². The second-order valence-electron chi connectivity index (χ2n) is 6.52. The molecule has 1 aliphatic heterocycles. The van der Waals surface area contributed by atoms with Gasteiger partial charge in [0.25, 0.3) is 5.82 Å². The minimum Gasteiger partial charge on any atom is -0.331 e. The fourth-order valence-electron chi connectivity index (χ4n) is 3.79. The molecule has 2 aliphatic rings. The number of halogens is 1. The van der Waals surface area contributed by atoms with Gasteiger partial charge in [0.05, 0.1) is 24.7 Å². The maximum Gasteiger partial charge on any atom is 0.282 e. The molecule has 1 aliphatic carbocycles. The normalized spacial score (nSPS) is 22.0. The highest BCUT2D eigenvalue weighted by Crippen LogP contribution is 2.27. The number of hydrogen-bond donors (Lipinski definition) is 2. The Balaban J connectivity index is 1.95. The summed E-state index contributed by atoms with van der Waals surface area (Å²) in [6, 6.07) is 2.82. The zero-order valence-electron chi connectivity index (χ0n) is 13.3. The fourth-order valence-corrected chi connectivity index (χ4v) is 4.04. The summed E-state index contributed by atoms with van der Waals surface area (Å²) in [5, 5.41) is 13.6. The Kier molecular flexibility index (Phi) is 4.85. The minimum atomic E-state index is 0.486. The van der Waals surface area contributed by atoms with Gasteiger partial charge in [0.1, 0.15) is 18.2 Å². The summed E-state index contributed by atoms with van der Waals surface area (Å²) >= 11 is 6.33. The predicted octanol–water partition coefficient (Wildman–Crippen LogP) is 1.73. The first kappa shape index (κ1) is 15.6. The molecule has 0 bridgehead atoms. The van der Waals surface area contributed by atoms with Crippen molar-refractivity contribution < 1.29 is 9.88 Å². The highest BCUT2D eigenvalue weighted by molar-refractivity contribution is 6.29. The van der Waals surface area contributed by atoms with Gasteiger partial charge in [-0.3, -0.25) is 5.32 Å². The van der Waals surface area contributed by atoms with E-state index in [1.807, 2.05) is 0 Å². The largest absolute Gasteiger partial charge is 0.331 e. The van der Waals surface area contributed by atoms with Gasteiger partial charge in [-0.25, -0.2) is 4.98 Å². The molecule has 4 nitrogen and oxygen atoms in total. The van der Waals surface area contributed by atoms with Gasteiger partial charge in [-0.2, -0.15) is 5.26 Å². The third-order valence-corrected chi connectivity index (χ3v) is 5.43. The maximum atomic E-state index is 9.43. The van der Waals surface area contributed by atoms with E-state index in [9.17, 15) is 5.26 Å². The molecule has 0 spiro atoms. The van der Waals surface area contributed by atoms with E-state index in [1.54, 1.807) is 4.90 Å². The van der Waals surface area contributed by atoms with E-state index in [0.29, 0.717) is 16.8 Å². The highest BCUT2D eigenvalue weighted by Gasteiger charge is 2.31. The summed E-state index contributed by atoms with van der Waals surface area (Å²) in [4.78, 5) is 4.83. The molecule has 0 radical (unpaired) electrons. The molecule has 3 N–H and O–H groups in total. The number of aromatic amines is 1. The van der Waals surface area contributed by atoms with Gasteiger partial charge in [-0.1, -0.05) is 6.42 Å². The summed E-state index contributed by atoms with van der Waals surface area (Å²) in [5.41, 5.74) is 3.07. The number of hydrogen-bond acceptors (Lipinski definition) is 2. The standard InChI is InChI=1S/C17H23ClN4/c1-2-22-9-8-13-14(10-19)16(18)21-17(15(13)11-22)20-12-6-4-3-5-7-12/h12H,2-9,11H2,1H3,(H,20,21)/p+2. The number of nitrogens with one attached hydrogen (secondary N) is 3. The topological polar surface area (TPSA) is 54.4 Å². The number of nitrogens with zero attached hydrogens (tertiary/aromatic N) is 1. The second kappa shape index (κ2) is 6.85. The van der Waals surface area contributed by atoms with Crippen LogP contribution in [0.4, 0.5) is 5.82 Å². The van der Waals surface area contributed by atoms with Crippen LogP contribution >= 0.6 is 11.6 Å². The third kappa shape index (κ3) is 3.06. The molecule has 1 fully saturated rings. The van der Waals surface area contributed by atoms with Crippen LogP contribution in [0.25, 0.3) is 0 Å². The number of aromatic nitrogens is 1. The molecule has 1 saturated carbocycles. The van der Waals surface area contributed by atoms with Crippen LogP contribution in [0.1, 0.15) is 55.7 Å². The first-order chi connectivity index (χ1) is 10.7. The summed E-state index contributed by atoms with van der Waals surface area (Å²) in [7, 11) is 0. The van der Waals surface area contributed by atoms with Gasteiger partial charge in [0, 0.05) is 6.42 Å². The van der Waals surface area contributed by atoms with Crippen molar-refractivity contribution in [3.05, 3.63) is 21.8 Å². The Bertz CT molecular complexity index is 587. The molecule has 1 unspecified atom stereocenters. The molecule has 1 atom stereocenters. The van der Waals surface area contributed by atoms with Crippen molar-refractivity contribution in [1.82, 2.24) is 0 Å². The van der Waals surface area contributed by atoms with Crippen LogP contribution in [0.15, 0.2) is 0 Å². The number of rotatable bonds is 3. The molecule has 3 rings (SSSR count). The lowest BCUT2D eigenvalue weighted by atomic mass is 9.93. The van der Waals surface area contributed by atoms with E-state index in [-0.39, 0.29) is 0 Å². The van der Waals surface area contributed by atoms with Crippen molar-refractivity contribution in [2.24, 2.45) is 0 Å². The lowest BCUT2D eigenvalue weighted by Crippen LogP contribution is -3.11. The molecule has 118 valence electrons. The number of quaternary nitrogens is 1. The molecule has 2 heterocycles. The van der Waals surface area contributed by atoms with Crippen LogP contribution in [0.3, 0.4) is 0 Å².